The van der Waals surface area contributed by atoms with Crippen LogP contribution >= 0.6 is 0 Å². The first-order valence-electron chi connectivity index (χ1n) is 3.40. The largest absolute Gasteiger partial charge is 0.408 e. The van der Waals surface area contributed by atoms with E-state index < -0.39 is 0 Å². The van der Waals surface area contributed by atoms with Crippen molar-refractivity contribution in [1.29, 1.82) is 0 Å². The second-order valence-corrected chi connectivity index (χ2v) is 2.34. The molecule has 0 amide bonds. The minimum Gasteiger partial charge on any atom is -0.408 e. The maximum atomic E-state index is 11.1. The van der Waals surface area contributed by atoms with E-state index in [0.29, 0.717) is 11.3 Å². The van der Waals surface area contributed by atoms with Crippen LogP contribution in [0.1, 0.15) is 10.4 Å². The van der Waals surface area contributed by atoms with Crippen LogP contribution in [0.2, 0.25) is 0 Å². The Labute approximate surface area is 63.9 Å². The second kappa shape index (κ2) is 2.36. The van der Waals surface area contributed by atoms with E-state index in [1.165, 1.54) is 0 Å². The van der Waals surface area contributed by atoms with Gasteiger partial charge in [-0.15, -0.1) is 5.48 Å². The molecular formula is C8H7NO2. The SMILES string of the molecule is O=C1CNOc2ccccc21. The summed E-state index contributed by atoms with van der Waals surface area (Å²) >= 11 is 0. The zero-order valence-corrected chi connectivity index (χ0v) is 5.83. The summed E-state index contributed by atoms with van der Waals surface area (Å²) in [4.78, 5) is 16.2. The summed E-state index contributed by atoms with van der Waals surface area (Å²) in [6.45, 7) is 0.261. The Kier molecular flexibility index (Phi) is 1.36. The number of nitrogens with one attached hydrogen (secondary N) is 1. The molecule has 1 aromatic rings. The monoisotopic (exact) mass is 149 g/mol. The fourth-order valence-electron chi connectivity index (χ4n) is 1.06. The van der Waals surface area contributed by atoms with Crippen LogP contribution in [0.5, 0.6) is 5.75 Å². The summed E-state index contributed by atoms with van der Waals surface area (Å²) in [6, 6.07) is 7.18. The lowest BCUT2D eigenvalue weighted by Gasteiger charge is -2.15. The molecule has 11 heavy (non-hydrogen) atoms. The Morgan fingerprint density at radius 2 is 2.18 bits per heavy atom. The fraction of sp³-hybridized carbons (Fsp3) is 0.125. The van der Waals surface area contributed by atoms with E-state index >= 15 is 0 Å². The van der Waals surface area contributed by atoms with Gasteiger partial charge < -0.3 is 4.84 Å². The molecule has 0 aliphatic carbocycles. The van der Waals surface area contributed by atoms with Crippen LogP contribution in [-0.2, 0) is 0 Å². The van der Waals surface area contributed by atoms with E-state index in [-0.39, 0.29) is 12.3 Å². The first kappa shape index (κ1) is 6.37. The number of carbonyl (C=O) groups excluding carboxylic acids is 1. The molecule has 0 unspecified atom stereocenters. The molecule has 0 spiro atoms. The van der Waals surface area contributed by atoms with E-state index in [0.717, 1.165) is 0 Å². The van der Waals surface area contributed by atoms with E-state index in [2.05, 4.69) is 5.48 Å². The molecule has 3 heteroatoms. The molecule has 0 aromatic heterocycles. The number of Topliss-reactive ketones (excluding diaryl/α,β-unsaturated/α-hetero) is 1. The highest BCUT2D eigenvalue weighted by atomic mass is 16.6. The molecule has 0 atom stereocenters. The van der Waals surface area contributed by atoms with Crippen LogP contribution in [-0.4, -0.2) is 12.3 Å². The number of hydrogen-bond acceptors (Lipinski definition) is 3. The van der Waals surface area contributed by atoms with E-state index in [1.54, 1.807) is 12.1 Å². The molecule has 0 bridgehead atoms. The number of benzene rings is 1. The van der Waals surface area contributed by atoms with Crippen LogP contribution in [0.3, 0.4) is 0 Å². The quantitative estimate of drug-likeness (QED) is 0.592. The predicted octanol–water partition coefficient (Wildman–Crippen LogP) is 0.766. The first-order chi connectivity index (χ1) is 5.38. The van der Waals surface area contributed by atoms with Crippen LogP contribution in [0.15, 0.2) is 24.3 Å². The number of rotatable bonds is 0. The van der Waals surface area contributed by atoms with Gasteiger partial charge in [-0.2, -0.15) is 0 Å². The first-order valence-corrected chi connectivity index (χ1v) is 3.40. The van der Waals surface area contributed by atoms with Crippen molar-refractivity contribution in [3.05, 3.63) is 29.8 Å². The summed E-state index contributed by atoms with van der Waals surface area (Å²) in [5.41, 5.74) is 3.20. The molecule has 2 rings (SSSR count). The molecule has 1 heterocycles. The molecule has 1 aliphatic rings. The molecule has 0 fully saturated rings. The zero-order chi connectivity index (χ0) is 7.68. The molecule has 3 nitrogen and oxygen atoms in total. The molecular weight excluding hydrogens is 142 g/mol. The van der Waals surface area contributed by atoms with Crippen molar-refractivity contribution < 1.29 is 9.63 Å². The highest BCUT2D eigenvalue weighted by molar-refractivity contribution is 6.00. The van der Waals surface area contributed by atoms with Gasteiger partial charge in [0.15, 0.2) is 11.5 Å². The van der Waals surface area contributed by atoms with Gasteiger partial charge in [0.25, 0.3) is 0 Å². The lowest BCUT2D eigenvalue weighted by Crippen LogP contribution is -2.31. The van der Waals surface area contributed by atoms with Gasteiger partial charge >= 0.3 is 0 Å². The van der Waals surface area contributed by atoms with Gasteiger partial charge in [-0.25, -0.2) is 0 Å². The molecule has 0 saturated heterocycles. The van der Waals surface area contributed by atoms with Crippen LogP contribution in [0.25, 0.3) is 0 Å². The fourth-order valence-corrected chi connectivity index (χ4v) is 1.06. The van der Waals surface area contributed by atoms with E-state index in [1.807, 2.05) is 12.1 Å². The summed E-state index contributed by atoms with van der Waals surface area (Å²) in [5.74, 6) is 0.690. The molecule has 1 aromatic carbocycles. The van der Waals surface area contributed by atoms with Gasteiger partial charge in [0.2, 0.25) is 0 Å². The number of ketones is 1. The van der Waals surface area contributed by atoms with Gasteiger partial charge in [-0.3, -0.25) is 4.79 Å². The standard InChI is InChI=1S/C8H7NO2/c10-7-5-9-11-8-4-2-1-3-6(7)8/h1-4,9H,5H2. The Morgan fingerprint density at radius 3 is 3.00 bits per heavy atom. The number of carbonyl (C=O) groups is 1. The lowest BCUT2D eigenvalue weighted by atomic mass is 10.1. The van der Waals surface area contributed by atoms with E-state index in [4.69, 9.17) is 4.84 Å². The molecule has 1 aliphatic heterocycles. The highest BCUT2D eigenvalue weighted by Gasteiger charge is 2.16. The third-order valence-electron chi connectivity index (χ3n) is 1.60. The number of hydrogen-bond donors (Lipinski definition) is 1. The minimum atomic E-state index is 0.0758. The zero-order valence-electron chi connectivity index (χ0n) is 5.83. The molecule has 1 N–H and O–H groups in total. The Morgan fingerprint density at radius 1 is 1.36 bits per heavy atom. The van der Waals surface area contributed by atoms with Crippen molar-refractivity contribution in [2.24, 2.45) is 0 Å². The average Bonchev–Trinajstić information content (AvgIpc) is 2.06. The highest BCUT2D eigenvalue weighted by Crippen LogP contribution is 2.19. The van der Waals surface area contributed by atoms with Gasteiger partial charge in [0.05, 0.1) is 12.1 Å². The van der Waals surface area contributed by atoms with Crippen LogP contribution in [0.4, 0.5) is 0 Å². The second-order valence-electron chi connectivity index (χ2n) is 2.34. The lowest BCUT2D eigenvalue weighted by molar-refractivity contribution is 0.0874. The minimum absolute atomic E-state index is 0.0758. The van der Waals surface area contributed by atoms with E-state index in [9.17, 15) is 4.79 Å². The maximum absolute atomic E-state index is 11.1. The van der Waals surface area contributed by atoms with Gasteiger partial charge in [-0.1, -0.05) is 12.1 Å². The smallest absolute Gasteiger partial charge is 0.183 e. The third-order valence-corrected chi connectivity index (χ3v) is 1.60. The van der Waals surface area contributed by atoms with Crippen molar-refractivity contribution in [3.8, 4) is 5.75 Å². The predicted molar refractivity (Wildman–Crippen MR) is 39.4 cm³/mol. The van der Waals surface area contributed by atoms with Crippen molar-refractivity contribution in [2.45, 2.75) is 0 Å². The third kappa shape index (κ3) is 0.991. The Balaban J connectivity index is 2.52. The average molecular weight is 149 g/mol. The normalized spacial score (nSPS) is 15.5. The van der Waals surface area contributed by atoms with Crippen molar-refractivity contribution in [3.63, 3.8) is 0 Å². The van der Waals surface area contributed by atoms with Crippen molar-refractivity contribution >= 4 is 5.78 Å². The summed E-state index contributed by atoms with van der Waals surface area (Å²) in [5, 5.41) is 0. The van der Waals surface area contributed by atoms with Crippen molar-refractivity contribution in [2.75, 3.05) is 6.54 Å². The van der Waals surface area contributed by atoms with Gasteiger partial charge in [0.1, 0.15) is 0 Å². The maximum Gasteiger partial charge on any atom is 0.183 e. The molecule has 0 radical (unpaired) electrons. The Bertz CT molecular complexity index is 296. The molecule has 56 valence electrons. The van der Waals surface area contributed by atoms with Gasteiger partial charge in [-0.05, 0) is 12.1 Å². The molecule has 0 saturated carbocycles. The summed E-state index contributed by atoms with van der Waals surface area (Å²) < 4.78 is 0. The number of para-hydroxylation sites is 1. The van der Waals surface area contributed by atoms with Gasteiger partial charge in [0, 0.05) is 0 Å². The van der Waals surface area contributed by atoms with Crippen LogP contribution in [0, 0.1) is 0 Å². The van der Waals surface area contributed by atoms with Crippen LogP contribution < -0.4 is 10.3 Å². The Hall–Kier alpha value is -1.35. The number of fused-ring (bicyclic) bond motifs is 1. The summed E-state index contributed by atoms with van der Waals surface area (Å²) in [7, 11) is 0. The van der Waals surface area contributed by atoms with Crippen molar-refractivity contribution in [1.82, 2.24) is 5.48 Å². The summed E-state index contributed by atoms with van der Waals surface area (Å²) in [6.07, 6.45) is 0. The number of hydroxylamine groups is 1. The topological polar surface area (TPSA) is 38.3 Å².